The average Bonchev–Trinajstić information content (AvgIpc) is 3.31. The number of nitrogens with zero attached hydrogens (tertiary/aromatic N) is 6. The number of pyridine rings is 1. The number of aromatic nitrogens is 3. The van der Waals surface area contributed by atoms with Crippen LogP contribution < -0.4 is 0 Å². The third-order valence-corrected chi connectivity index (χ3v) is 8.35. The quantitative estimate of drug-likeness (QED) is 0.386. The van der Waals surface area contributed by atoms with Gasteiger partial charge in [0.15, 0.2) is 5.65 Å². The summed E-state index contributed by atoms with van der Waals surface area (Å²) in [4.78, 5) is 42.1. The van der Waals surface area contributed by atoms with Gasteiger partial charge < -0.3 is 19.1 Å². The summed E-state index contributed by atoms with van der Waals surface area (Å²) >= 11 is 0. The molecule has 2 aliphatic rings. The number of likely N-dealkylation sites (tertiary alicyclic amines) is 1. The Morgan fingerprint density at radius 3 is 2.20 bits per heavy atom. The zero-order chi connectivity index (χ0) is 28.6. The highest BCUT2D eigenvalue weighted by Crippen LogP contribution is 2.30. The molecule has 0 atom stereocenters. The molecule has 0 aromatic carbocycles. The molecule has 2 aliphatic heterocycles. The lowest BCUT2D eigenvalue weighted by Crippen LogP contribution is -2.37. The highest BCUT2D eigenvalue weighted by atomic mass is 16.5. The Balaban J connectivity index is 1.59. The summed E-state index contributed by atoms with van der Waals surface area (Å²) in [6, 6.07) is 3.83. The Kier molecular flexibility index (Phi) is 11.0. The summed E-state index contributed by atoms with van der Waals surface area (Å²) in [5.74, 6) is 2.56. The minimum absolute atomic E-state index is 0.0144. The van der Waals surface area contributed by atoms with Crippen molar-refractivity contribution in [2.24, 2.45) is 11.8 Å². The van der Waals surface area contributed by atoms with E-state index in [1.807, 2.05) is 21.9 Å². The fourth-order valence-electron chi connectivity index (χ4n) is 5.71. The lowest BCUT2D eigenvalue weighted by Gasteiger charge is -2.31. The molecule has 0 spiro atoms. The fraction of sp³-hybridized carbons (Fsp3) is 0.742. The zero-order valence-corrected chi connectivity index (χ0v) is 25.4. The lowest BCUT2D eigenvalue weighted by atomic mass is 9.96. The van der Waals surface area contributed by atoms with Crippen LogP contribution >= 0.6 is 0 Å². The summed E-state index contributed by atoms with van der Waals surface area (Å²) < 4.78 is 7.79. The molecule has 40 heavy (non-hydrogen) atoms. The number of rotatable bonds is 12. The van der Waals surface area contributed by atoms with Crippen molar-refractivity contribution in [1.29, 1.82) is 0 Å². The van der Waals surface area contributed by atoms with E-state index in [-0.39, 0.29) is 17.7 Å². The van der Waals surface area contributed by atoms with E-state index < -0.39 is 0 Å². The SMILES string of the molecule is CC(=O)N1CCC(c2nc3ccc(C(=O)N(CCC(C)C)CCC(C)C)nc3n2CCCN2CCOCC2)CC1. The third kappa shape index (κ3) is 8.03. The molecule has 9 nitrogen and oxygen atoms in total. The van der Waals surface area contributed by atoms with Crippen LogP contribution in [0.3, 0.4) is 0 Å². The molecule has 2 saturated heterocycles. The van der Waals surface area contributed by atoms with Crippen LogP contribution in [-0.2, 0) is 16.1 Å². The molecule has 222 valence electrons. The summed E-state index contributed by atoms with van der Waals surface area (Å²) in [6.07, 6.45) is 4.75. The largest absolute Gasteiger partial charge is 0.379 e. The summed E-state index contributed by atoms with van der Waals surface area (Å²) in [6.45, 7) is 18.8. The summed E-state index contributed by atoms with van der Waals surface area (Å²) in [7, 11) is 0. The number of hydrogen-bond donors (Lipinski definition) is 0. The van der Waals surface area contributed by atoms with Gasteiger partial charge in [-0.15, -0.1) is 0 Å². The maximum atomic E-state index is 13.7. The lowest BCUT2D eigenvalue weighted by molar-refractivity contribution is -0.129. The van der Waals surface area contributed by atoms with E-state index in [0.717, 1.165) is 115 Å². The third-order valence-electron chi connectivity index (χ3n) is 8.35. The number of piperidine rings is 1. The average molecular weight is 555 g/mol. The molecular weight excluding hydrogens is 504 g/mol. The van der Waals surface area contributed by atoms with Gasteiger partial charge in [0.25, 0.3) is 5.91 Å². The number of amides is 2. The topological polar surface area (TPSA) is 83.8 Å². The van der Waals surface area contributed by atoms with Gasteiger partial charge >= 0.3 is 0 Å². The minimum atomic E-state index is 0.0144. The molecule has 4 rings (SSSR count). The molecule has 2 amide bonds. The molecule has 2 aromatic rings. The maximum Gasteiger partial charge on any atom is 0.272 e. The molecule has 0 saturated carbocycles. The van der Waals surface area contributed by atoms with Crippen LogP contribution in [0.5, 0.6) is 0 Å². The van der Waals surface area contributed by atoms with Gasteiger partial charge in [-0.05, 0) is 56.1 Å². The minimum Gasteiger partial charge on any atom is -0.379 e. The van der Waals surface area contributed by atoms with E-state index in [0.29, 0.717) is 17.5 Å². The first kappa shape index (κ1) is 30.4. The van der Waals surface area contributed by atoms with E-state index in [1.54, 1.807) is 6.92 Å². The molecule has 2 aromatic heterocycles. The van der Waals surface area contributed by atoms with E-state index in [4.69, 9.17) is 14.7 Å². The molecule has 9 heteroatoms. The fourth-order valence-corrected chi connectivity index (χ4v) is 5.71. The molecule has 0 bridgehead atoms. The molecular formula is C31H50N6O3. The van der Waals surface area contributed by atoms with Crippen molar-refractivity contribution in [1.82, 2.24) is 29.2 Å². The van der Waals surface area contributed by atoms with E-state index in [2.05, 4.69) is 37.2 Å². The van der Waals surface area contributed by atoms with Gasteiger partial charge in [-0.25, -0.2) is 9.97 Å². The van der Waals surface area contributed by atoms with Crippen molar-refractivity contribution in [3.63, 3.8) is 0 Å². The molecule has 2 fully saturated rings. The Labute approximate surface area is 240 Å². The zero-order valence-electron chi connectivity index (χ0n) is 25.4. The summed E-state index contributed by atoms with van der Waals surface area (Å²) in [5.41, 5.74) is 2.17. The van der Waals surface area contributed by atoms with Crippen LogP contribution in [0.1, 0.15) is 89.0 Å². The predicted octanol–water partition coefficient (Wildman–Crippen LogP) is 4.41. The van der Waals surface area contributed by atoms with Crippen LogP contribution in [-0.4, -0.2) is 100 Å². The van der Waals surface area contributed by atoms with Crippen LogP contribution in [0.4, 0.5) is 0 Å². The van der Waals surface area contributed by atoms with Crippen molar-refractivity contribution in [2.45, 2.75) is 79.2 Å². The predicted molar refractivity (Wildman–Crippen MR) is 158 cm³/mol. The van der Waals surface area contributed by atoms with Crippen LogP contribution in [0.15, 0.2) is 12.1 Å². The first-order chi connectivity index (χ1) is 19.2. The second-order valence-electron chi connectivity index (χ2n) is 12.4. The number of morpholine rings is 1. The van der Waals surface area contributed by atoms with Crippen molar-refractivity contribution in [3.05, 3.63) is 23.7 Å². The number of ether oxygens (including phenoxy) is 1. The van der Waals surface area contributed by atoms with Crippen LogP contribution in [0.25, 0.3) is 11.2 Å². The van der Waals surface area contributed by atoms with Crippen LogP contribution in [0.2, 0.25) is 0 Å². The van der Waals surface area contributed by atoms with Crippen molar-refractivity contribution < 1.29 is 14.3 Å². The standard InChI is InChI=1S/C31H50N6O3/c1-23(2)9-15-36(16-10-24(3)4)31(39)28-8-7-27-30(33-28)37(14-6-13-34-19-21-40-22-20-34)29(32-27)26-11-17-35(18-12-26)25(5)38/h7-8,23-24,26H,6,9-22H2,1-5H3. The van der Waals surface area contributed by atoms with Gasteiger partial charge in [-0.1, -0.05) is 27.7 Å². The van der Waals surface area contributed by atoms with E-state index >= 15 is 0 Å². The number of aryl methyl sites for hydroxylation is 1. The van der Waals surface area contributed by atoms with Gasteiger partial charge in [0.2, 0.25) is 5.91 Å². The van der Waals surface area contributed by atoms with E-state index in [1.165, 1.54) is 0 Å². The van der Waals surface area contributed by atoms with E-state index in [9.17, 15) is 9.59 Å². The number of carbonyl (C=O) groups excluding carboxylic acids is 2. The van der Waals surface area contributed by atoms with Crippen molar-refractivity contribution in [2.75, 3.05) is 59.0 Å². The highest BCUT2D eigenvalue weighted by molar-refractivity contribution is 5.94. The molecule has 4 heterocycles. The number of hydrogen-bond acceptors (Lipinski definition) is 6. The molecule has 0 radical (unpaired) electrons. The summed E-state index contributed by atoms with van der Waals surface area (Å²) in [5, 5.41) is 0. The van der Waals surface area contributed by atoms with Gasteiger partial charge in [0.1, 0.15) is 17.0 Å². The second-order valence-corrected chi connectivity index (χ2v) is 12.4. The molecule has 0 N–H and O–H groups in total. The Morgan fingerprint density at radius 1 is 0.950 bits per heavy atom. The van der Waals surface area contributed by atoms with Gasteiger partial charge in [0, 0.05) is 65.2 Å². The Morgan fingerprint density at radius 2 is 1.60 bits per heavy atom. The first-order valence-electron chi connectivity index (χ1n) is 15.4. The Bertz CT molecular complexity index is 1100. The van der Waals surface area contributed by atoms with Crippen LogP contribution in [0, 0.1) is 11.8 Å². The molecule has 0 unspecified atom stereocenters. The normalized spacial score (nSPS) is 17.3. The molecule has 0 aliphatic carbocycles. The number of fused-ring (bicyclic) bond motifs is 1. The van der Waals surface area contributed by atoms with Crippen molar-refractivity contribution >= 4 is 23.0 Å². The number of carbonyl (C=O) groups is 2. The number of imidazole rings is 1. The second kappa shape index (κ2) is 14.4. The Hall–Kier alpha value is -2.52. The van der Waals surface area contributed by atoms with Crippen molar-refractivity contribution in [3.8, 4) is 0 Å². The van der Waals surface area contributed by atoms with Gasteiger partial charge in [-0.3, -0.25) is 14.5 Å². The van der Waals surface area contributed by atoms with Gasteiger partial charge in [0.05, 0.1) is 13.2 Å². The highest BCUT2D eigenvalue weighted by Gasteiger charge is 2.28. The maximum absolute atomic E-state index is 13.7. The first-order valence-corrected chi connectivity index (χ1v) is 15.4. The monoisotopic (exact) mass is 554 g/mol. The smallest absolute Gasteiger partial charge is 0.272 e. The van der Waals surface area contributed by atoms with Gasteiger partial charge in [-0.2, -0.15) is 0 Å².